The Kier molecular flexibility index (Phi) is 5.68. The van der Waals surface area contributed by atoms with E-state index in [0.717, 1.165) is 11.8 Å². The van der Waals surface area contributed by atoms with Crippen LogP contribution in [0.1, 0.15) is 12.0 Å². The minimum absolute atomic E-state index is 0.0622. The molecule has 3 rings (SSSR count). The smallest absolute Gasteiger partial charge is 0.266 e. The molecule has 2 saturated heterocycles. The van der Waals surface area contributed by atoms with Gasteiger partial charge in [-0.05, 0) is 30.2 Å². The summed E-state index contributed by atoms with van der Waals surface area (Å²) < 4.78 is 36.7. The van der Waals surface area contributed by atoms with Gasteiger partial charge < -0.3 is 4.90 Å². The Morgan fingerprint density at radius 2 is 2.22 bits per heavy atom. The Hall–Kier alpha value is -1.78. The highest BCUT2D eigenvalue weighted by Gasteiger charge is 2.37. The van der Waals surface area contributed by atoms with E-state index in [1.165, 1.54) is 41.1 Å². The Morgan fingerprint density at radius 3 is 2.85 bits per heavy atom. The van der Waals surface area contributed by atoms with Crippen LogP contribution in [0.2, 0.25) is 0 Å². The fourth-order valence-corrected chi connectivity index (χ4v) is 5.94. The molecule has 0 spiro atoms. The zero-order valence-electron chi connectivity index (χ0n) is 14.4. The van der Waals surface area contributed by atoms with Crippen molar-refractivity contribution in [1.29, 1.82) is 0 Å². The Labute approximate surface area is 166 Å². The predicted octanol–water partition coefficient (Wildman–Crippen LogP) is 1.67. The molecule has 2 heterocycles. The summed E-state index contributed by atoms with van der Waals surface area (Å²) in [6, 6.07) is 5.42. The van der Waals surface area contributed by atoms with Crippen molar-refractivity contribution in [2.45, 2.75) is 12.5 Å². The molecule has 1 aromatic rings. The average molecular weight is 429 g/mol. The number of thiocarbonyl (C=S) groups is 1. The van der Waals surface area contributed by atoms with Gasteiger partial charge in [0.05, 0.1) is 16.4 Å². The molecule has 27 heavy (non-hydrogen) atoms. The Bertz CT molecular complexity index is 945. The van der Waals surface area contributed by atoms with Crippen molar-refractivity contribution in [2.75, 3.05) is 25.1 Å². The summed E-state index contributed by atoms with van der Waals surface area (Å²) in [5.74, 6) is -1.21. The number of sulfone groups is 1. The topological polar surface area (TPSA) is 74.8 Å². The number of rotatable bonds is 4. The van der Waals surface area contributed by atoms with Crippen molar-refractivity contribution >= 4 is 56.0 Å². The fraction of sp³-hybridized carbons (Fsp3) is 0.353. The molecule has 6 nitrogen and oxygen atoms in total. The first-order chi connectivity index (χ1) is 12.7. The van der Waals surface area contributed by atoms with Gasteiger partial charge in [-0.25, -0.2) is 12.8 Å². The third-order valence-electron chi connectivity index (χ3n) is 4.46. The van der Waals surface area contributed by atoms with E-state index in [1.54, 1.807) is 6.07 Å². The van der Waals surface area contributed by atoms with Crippen LogP contribution >= 0.6 is 24.0 Å². The molecule has 0 aromatic heterocycles. The fourth-order valence-electron chi connectivity index (χ4n) is 2.92. The van der Waals surface area contributed by atoms with Crippen LogP contribution in [0.15, 0.2) is 29.2 Å². The van der Waals surface area contributed by atoms with E-state index in [9.17, 15) is 22.4 Å². The summed E-state index contributed by atoms with van der Waals surface area (Å²) in [7, 11) is -1.58. The number of benzene rings is 1. The molecular formula is C17H17FN2O4S3. The maximum atomic E-state index is 13.3. The van der Waals surface area contributed by atoms with E-state index < -0.39 is 21.6 Å². The summed E-state index contributed by atoms with van der Waals surface area (Å²) in [6.45, 7) is -0.252. The van der Waals surface area contributed by atoms with E-state index in [-0.39, 0.29) is 34.3 Å². The molecule has 144 valence electrons. The number of amides is 2. The third-order valence-corrected chi connectivity index (χ3v) is 7.59. The summed E-state index contributed by atoms with van der Waals surface area (Å²) >= 11 is 6.25. The summed E-state index contributed by atoms with van der Waals surface area (Å²) in [6.07, 6.45) is 1.92. The lowest BCUT2D eigenvalue weighted by Gasteiger charge is -2.25. The van der Waals surface area contributed by atoms with Crippen molar-refractivity contribution in [1.82, 2.24) is 9.80 Å². The monoisotopic (exact) mass is 428 g/mol. The van der Waals surface area contributed by atoms with Gasteiger partial charge in [0.2, 0.25) is 5.91 Å². The summed E-state index contributed by atoms with van der Waals surface area (Å²) in [5.41, 5.74) is 0.523. The van der Waals surface area contributed by atoms with E-state index in [1.807, 2.05) is 0 Å². The molecule has 2 amide bonds. The molecule has 0 unspecified atom stereocenters. The molecule has 10 heteroatoms. The van der Waals surface area contributed by atoms with Gasteiger partial charge in [0.15, 0.2) is 9.84 Å². The van der Waals surface area contributed by atoms with Gasteiger partial charge in [0.1, 0.15) is 16.7 Å². The molecule has 1 atom stereocenters. The lowest BCUT2D eigenvalue weighted by Crippen LogP contribution is -2.45. The highest BCUT2D eigenvalue weighted by molar-refractivity contribution is 8.26. The van der Waals surface area contributed by atoms with Crippen LogP contribution < -0.4 is 0 Å². The van der Waals surface area contributed by atoms with Crippen LogP contribution in [0.25, 0.3) is 6.08 Å². The van der Waals surface area contributed by atoms with E-state index in [4.69, 9.17) is 12.2 Å². The highest BCUT2D eigenvalue weighted by Crippen LogP contribution is 2.32. The standard InChI is InChI=1S/C17H17FN2O4S3/c1-19(13-5-6-27(23,24)10-13)15(21)9-20-16(22)14(26-17(20)25)8-11-3-2-4-12(18)7-11/h2-4,7-8,13H,5-6,9-10H2,1H3/b14-8-/t13-/m1/s1. The molecule has 2 fully saturated rings. The van der Waals surface area contributed by atoms with Crippen LogP contribution in [0, 0.1) is 5.82 Å². The number of likely N-dealkylation sites (N-methyl/N-ethyl adjacent to an activating group) is 1. The van der Waals surface area contributed by atoms with Gasteiger partial charge in [0.25, 0.3) is 5.91 Å². The number of nitrogens with zero attached hydrogens (tertiary/aromatic N) is 2. The molecule has 0 N–H and O–H groups in total. The van der Waals surface area contributed by atoms with Gasteiger partial charge in [-0.2, -0.15) is 0 Å². The Balaban J connectivity index is 1.69. The molecule has 0 aliphatic carbocycles. The number of hydrogen-bond donors (Lipinski definition) is 0. The van der Waals surface area contributed by atoms with Crippen molar-refractivity contribution in [3.63, 3.8) is 0 Å². The van der Waals surface area contributed by atoms with Crippen LogP contribution in [0.4, 0.5) is 4.39 Å². The van der Waals surface area contributed by atoms with Crippen molar-refractivity contribution in [2.24, 2.45) is 0 Å². The SMILES string of the molecule is CN(C(=O)CN1C(=O)/C(=C/c2cccc(F)c2)SC1=S)[C@@H]1CCS(=O)(=O)C1. The van der Waals surface area contributed by atoms with Gasteiger partial charge in [-0.3, -0.25) is 14.5 Å². The average Bonchev–Trinajstić information content (AvgIpc) is 3.08. The summed E-state index contributed by atoms with van der Waals surface area (Å²) in [5, 5.41) is 0. The highest BCUT2D eigenvalue weighted by atomic mass is 32.2. The number of thioether (sulfide) groups is 1. The van der Waals surface area contributed by atoms with Crippen LogP contribution in [-0.2, 0) is 19.4 Å². The van der Waals surface area contributed by atoms with Crippen LogP contribution in [0.5, 0.6) is 0 Å². The molecule has 1 aromatic carbocycles. The van der Waals surface area contributed by atoms with E-state index in [2.05, 4.69) is 0 Å². The number of halogens is 1. The second-order valence-electron chi connectivity index (χ2n) is 6.38. The second-order valence-corrected chi connectivity index (χ2v) is 10.3. The van der Waals surface area contributed by atoms with Gasteiger partial charge >= 0.3 is 0 Å². The molecule has 0 radical (unpaired) electrons. The lowest BCUT2D eigenvalue weighted by molar-refractivity contribution is -0.135. The molecule has 0 bridgehead atoms. The second kappa shape index (κ2) is 7.69. The first kappa shape index (κ1) is 20.0. The molecule has 2 aliphatic heterocycles. The lowest BCUT2D eigenvalue weighted by atomic mass is 10.2. The van der Waals surface area contributed by atoms with Crippen LogP contribution in [0.3, 0.4) is 0 Å². The number of carbonyl (C=O) groups excluding carboxylic acids is 2. The van der Waals surface area contributed by atoms with Crippen LogP contribution in [-0.4, -0.2) is 65.5 Å². The van der Waals surface area contributed by atoms with Gasteiger partial charge in [-0.1, -0.05) is 36.1 Å². The minimum Gasteiger partial charge on any atom is -0.340 e. The van der Waals surface area contributed by atoms with Crippen molar-refractivity contribution in [3.8, 4) is 0 Å². The minimum atomic E-state index is -3.11. The maximum absolute atomic E-state index is 13.3. The molecular weight excluding hydrogens is 411 g/mol. The normalized spacial score (nSPS) is 23.3. The zero-order valence-corrected chi connectivity index (χ0v) is 16.9. The van der Waals surface area contributed by atoms with E-state index in [0.29, 0.717) is 16.9 Å². The zero-order chi connectivity index (χ0) is 19.8. The van der Waals surface area contributed by atoms with Gasteiger partial charge in [0, 0.05) is 13.1 Å². The largest absolute Gasteiger partial charge is 0.340 e. The molecule has 0 saturated carbocycles. The van der Waals surface area contributed by atoms with Gasteiger partial charge in [-0.15, -0.1) is 0 Å². The quantitative estimate of drug-likeness (QED) is 0.537. The first-order valence-corrected chi connectivity index (χ1v) is 11.2. The third kappa shape index (κ3) is 4.56. The number of carbonyl (C=O) groups is 2. The first-order valence-electron chi connectivity index (χ1n) is 8.13. The number of hydrogen-bond acceptors (Lipinski definition) is 6. The predicted molar refractivity (Wildman–Crippen MR) is 106 cm³/mol. The Morgan fingerprint density at radius 1 is 1.48 bits per heavy atom. The van der Waals surface area contributed by atoms with E-state index >= 15 is 0 Å². The maximum Gasteiger partial charge on any atom is 0.266 e. The van der Waals surface area contributed by atoms with Crippen molar-refractivity contribution < 1.29 is 22.4 Å². The van der Waals surface area contributed by atoms with Crippen molar-refractivity contribution in [3.05, 3.63) is 40.6 Å². The molecule has 2 aliphatic rings. The summed E-state index contributed by atoms with van der Waals surface area (Å²) in [4.78, 5) is 27.9.